The smallest absolute Gasteiger partial charge is 0.0825 e. The van der Waals surface area contributed by atoms with Gasteiger partial charge in [-0.25, -0.2) is 0 Å². The van der Waals surface area contributed by atoms with E-state index in [1.54, 1.807) is 7.11 Å². The largest absolute Gasteiger partial charge is 0.380 e. The fraction of sp³-hybridized carbons (Fsp3) is 0.750. The van der Waals surface area contributed by atoms with Crippen LogP contribution in [0.5, 0.6) is 0 Å². The van der Waals surface area contributed by atoms with E-state index < -0.39 is 0 Å². The number of nitrogens with zero attached hydrogens (tertiary/aromatic N) is 2. The molecule has 0 fully saturated rings. The number of methoxy groups -OCH3 is 1. The second kappa shape index (κ2) is 4.87. The molecule has 16 heavy (non-hydrogen) atoms. The monoisotopic (exact) mass is 225 g/mol. The normalized spacial score (nSPS) is 13.9. The SMILES string of the molecule is COC(C)(C)CC(C)Nc1cn(C)nc1C. The molecule has 0 aliphatic carbocycles. The first-order valence-corrected chi connectivity index (χ1v) is 5.66. The van der Waals surface area contributed by atoms with Crippen molar-refractivity contribution >= 4 is 5.69 Å². The Hall–Kier alpha value is -1.03. The predicted octanol–water partition coefficient (Wildman–Crippen LogP) is 2.34. The molecule has 4 heteroatoms. The van der Waals surface area contributed by atoms with Gasteiger partial charge in [-0.05, 0) is 34.1 Å². The van der Waals surface area contributed by atoms with Crippen LogP contribution in [0.25, 0.3) is 0 Å². The first-order chi connectivity index (χ1) is 7.34. The second-order valence-electron chi connectivity index (χ2n) is 5.02. The molecule has 0 bridgehead atoms. The summed E-state index contributed by atoms with van der Waals surface area (Å²) < 4.78 is 7.25. The highest BCUT2D eigenvalue weighted by Gasteiger charge is 2.20. The van der Waals surface area contributed by atoms with Gasteiger partial charge in [-0.15, -0.1) is 0 Å². The van der Waals surface area contributed by atoms with Gasteiger partial charge in [-0.2, -0.15) is 5.10 Å². The summed E-state index contributed by atoms with van der Waals surface area (Å²) in [4.78, 5) is 0. The van der Waals surface area contributed by atoms with Crippen molar-refractivity contribution in [3.8, 4) is 0 Å². The van der Waals surface area contributed by atoms with Crippen LogP contribution in [0.15, 0.2) is 6.20 Å². The van der Waals surface area contributed by atoms with Crippen LogP contribution in [0.2, 0.25) is 0 Å². The summed E-state index contributed by atoms with van der Waals surface area (Å²) in [6.45, 7) is 8.37. The summed E-state index contributed by atoms with van der Waals surface area (Å²) in [5.74, 6) is 0. The molecule has 92 valence electrons. The number of aromatic nitrogens is 2. The number of hydrogen-bond acceptors (Lipinski definition) is 3. The summed E-state index contributed by atoms with van der Waals surface area (Å²) in [6.07, 6.45) is 2.96. The molecule has 1 heterocycles. The zero-order chi connectivity index (χ0) is 12.3. The van der Waals surface area contributed by atoms with E-state index in [-0.39, 0.29) is 5.60 Å². The number of nitrogens with one attached hydrogen (secondary N) is 1. The fourth-order valence-corrected chi connectivity index (χ4v) is 1.88. The Morgan fingerprint density at radius 3 is 2.62 bits per heavy atom. The van der Waals surface area contributed by atoms with E-state index >= 15 is 0 Å². The van der Waals surface area contributed by atoms with Crippen LogP contribution in [-0.2, 0) is 11.8 Å². The molecule has 0 radical (unpaired) electrons. The third-order valence-corrected chi connectivity index (χ3v) is 2.77. The van der Waals surface area contributed by atoms with Gasteiger partial charge in [0, 0.05) is 26.4 Å². The van der Waals surface area contributed by atoms with E-state index in [0.29, 0.717) is 6.04 Å². The summed E-state index contributed by atoms with van der Waals surface area (Å²) >= 11 is 0. The van der Waals surface area contributed by atoms with Crippen LogP contribution < -0.4 is 5.32 Å². The van der Waals surface area contributed by atoms with E-state index in [9.17, 15) is 0 Å². The molecule has 1 aromatic heterocycles. The van der Waals surface area contributed by atoms with Gasteiger partial charge in [0.15, 0.2) is 0 Å². The van der Waals surface area contributed by atoms with Crippen LogP contribution >= 0.6 is 0 Å². The predicted molar refractivity (Wildman–Crippen MR) is 66.7 cm³/mol. The van der Waals surface area contributed by atoms with Crippen LogP contribution in [-0.4, -0.2) is 28.5 Å². The third-order valence-electron chi connectivity index (χ3n) is 2.77. The van der Waals surface area contributed by atoms with Crippen LogP contribution in [0.4, 0.5) is 5.69 Å². The molecule has 1 unspecified atom stereocenters. The van der Waals surface area contributed by atoms with Crippen molar-refractivity contribution in [3.63, 3.8) is 0 Å². The first kappa shape index (κ1) is 13.0. The molecule has 1 atom stereocenters. The van der Waals surface area contributed by atoms with Gasteiger partial charge in [0.05, 0.1) is 17.0 Å². The molecular formula is C12H23N3O. The summed E-state index contributed by atoms with van der Waals surface area (Å²) in [6, 6.07) is 0.359. The van der Waals surface area contributed by atoms with Gasteiger partial charge in [0.2, 0.25) is 0 Å². The lowest BCUT2D eigenvalue weighted by Crippen LogP contribution is -2.31. The number of anilines is 1. The minimum absolute atomic E-state index is 0.0947. The maximum atomic E-state index is 5.42. The minimum Gasteiger partial charge on any atom is -0.380 e. The number of rotatable bonds is 5. The zero-order valence-corrected chi connectivity index (χ0v) is 11.2. The maximum Gasteiger partial charge on any atom is 0.0825 e. The zero-order valence-electron chi connectivity index (χ0n) is 11.2. The molecule has 0 saturated carbocycles. The highest BCUT2D eigenvalue weighted by atomic mass is 16.5. The van der Waals surface area contributed by atoms with Gasteiger partial charge in [-0.1, -0.05) is 0 Å². The van der Waals surface area contributed by atoms with Gasteiger partial charge in [0.1, 0.15) is 0 Å². The van der Waals surface area contributed by atoms with E-state index in [1.807, 2.05) is 24.9 Å². The average Bonchev–Trinajstić information content (AvgIpc) is 2.44. The van der Waals surface area contributed by atoms with Gasteiger partial charge in [-0.3, -0.25) is 4.68 Å². The lowest BCUT2D eigenvalue weighted by atomic mass is 10.00. The van der Waals surface area contributed by atoms with Crippen molar-refractivity contribution in [2.24, 2.45) is 7.05 Å². The summed E-state index contributed by atoms with van der Waals surface area (Å²) in [5.41, 5.74) is 2.04. The Kier molecular flexibility index (Phi) is 3.97. The second-order valence-corrected chi connectivity index (χ2v) is 5.02. The van der Waals surface area contributed by atoms with Gasteiger partial charge >= 0.3 is 0 Å². The maximum absolute atomic E-state index is 5.42. The molecule has 1 aromatic rings. The van der Waals surface area contributed by atoms with Gasteiger partial charge in [0.25, 0.3) is 0 Å². The summed E-state index contributed by atoms with van der Waals surface area (Å²) in [7, 11) is 3.68. The standard InChI is InChI=1S/C12H23N3O/c1-9(7-12(3,4)16-6)13-11-8-15(5)14-10(11)2/h8-9,13H,7H2,1-6H3. The molecule has 0 spiro atoms. The van der Waals surface area contributed by atoms with E-state index in [0.717, 1.165) is 17.8 Å². The van der Waals surface area contributed by atoms with Gasteiger partial charge < -0.3 is 10.1 Å². The summed E-state index contributed by atoms with van der Waals surface area (Å²) in [5, 5.41) is 7.76. The molecule has 0 aromatic carbocycles. The van der Waals surface area contributed by atoms with Crippen molar-refractivity contribution in [1.29, 1.82) is 0 Å². The van der Waals surface area contributed by atoms with Crippen LogP contribution in [0.3, 0.4) is 0 Å². The lowest BCUT2D eigenvalue weighted by molar-refractivity contribution is 0.0128. The molecule has 0 aliphatic rings. The van der Waals surface area contributed by atoms with Crippen molar-refractivity contribution in [3.05, 3.63) is 11.9 Å². The lowest BCUT2D eigenvalue weighted by Gasteiger charge is -2.27. The highest BCUT2D eigenvalue weighted by Crippen LogP contribution is 2.19. The molecular weight excluding hydrogens is 202 g/mol. The average molecular weight is 225 g/mol. The Labute approximate surface area is 98.0 Å². The topological polar surface area (TPSA) is 39.1 Å². The molecule has 4 nitrogen and oxygen atoms in total. The quantitative estimate of drug-likeness (QED) is 0.836. The molecule has 0 aliphatic heterocycles. The van der Waals surface area contributed by atoms with Crippen molar-refractivity contribution in [2.45, 2.75) is 45.8 Å². The Morgan fingerprint density at radius 2 is 2.19 bits per heavy atom. The Balaban J connectivity index is 2.58. The van der Waals surface area contributed by atoms with Crippen molar-refractivity contribution in [1.82, 2.24) is 9.78 Å². The van der Waals surface area contributed by atoms with E-state index in [4.69, 9.17) is 4.74 Å². The van der Waals surface area contributed by atoms with E-state index in [1.165, 1.54) is 0 Å². The molecule has 1 rings (SSSR count). The first-order valence-electron chi connectivity index (χ1n) is 5.66. The number of aryl methyl sites for hydroxylation is 2. The number of ether oxygens (including phenoxy) is 1. The molecule has 0 amide bonds. The van der Waals surface area contributed by atoms with Crippen molar-refractivity contribution in [2.75, 3.05) is 12.4 Å². The van der Waals surface area contributed by atoms with Crippen molar-refractivity contribution < 1.29 is 4.74 Å². The third kappa shape index (κ3) is 3.52. The molecule has 1 N–H and O–H groups in total. The van der Waals surface area contributed by atoms with E-state index in [2.05, 4.69) is 31.2 Å². The Morgan fingerprint density at radius 1 is 1.56 bits per heavy atom. The van der Waals surface area contributed by atoms with Crippen LogP contribution in [0.1, 0.15) is 32.9 Å². The number of hydrogen-bond donors (Lipinski definition) is 1. The molecule has 0 saturated heterocycles. The fourth-order valence-electron chi connectivity index (χ4n) is 1.88. The van der Waals surface area contributed by atoms with Crippen LogP contribution in [0, 0.1) is 6.92 Å². The minimum atomic E-state index is -0.0947. The highest BCUT2D eigenvalue weighted by molar-refractivity contribution is 5.46. The Bertz CT molecular complexity index is 344.